The van der Waals surface area contributed by atoms with Crippen molar-refractivity contribution in [3.05, 3.63) is 38.9 Å². The van der Waals surface area contributed by atoms with E-state index >= 15 is 0 Å². The predicted octanol–water partition coefficient (Wildman–Crippen LogP) is 3.70. The number of alkyl halides is 1. The van der Waals surface area contributed by atoms with Crippen LogP contribution in [0.5, 0.6) is 0 Å². The molecule has 6 nitrogen and oxygen atoms in total. The van der Waals surface area contributed by atoms with Crippen molar-refractivity contribution in [2.45, 2.75) is 33.2 Å². The van der Waals surface area contributed by atoms with Crippen molar-refractivity contribution < 1.29 is 9.34 Å². The van der Waals surface area contributed by atoms with Crippen LogP contribution < -0.4 is 5.76 Å². The van der Waals surface area contributed by atoms with Gasteiger partial charge in [-0.15, -0.1) is 0 Å². The molecule has 0 spiro atoms. The van der Waals surface area contributed by atoms with Crippen LogP contribution in [-0.2, 0) is 6.54 Å². The van der Waals surface area contributed by atoms with Crippen molar-refractivity contribution in [2.75, 3.05) is 5.33 Å². The first-order valence-corrected chi connectivity index (χ1v) is 7.92. The minimum Gasteiger partial charge on any atom is -0.408 e. The van der Waals surface area contributed by atoms with E-state index in [2.05, 4.69) is 29.8 Å². The summed E-state index contributed by atoms with van der Waals surface area (Å²) in [7, 11) is 0. The number of nitro groups is 1. The molecule has 0 aliphatic heterocycles. The highest BCUT2D eigenvalue weighted by Crippen LogP contribution is 2.32. The third kappa shape index (κ3) is 2.88. The minimum atomic E-state index is -0.474. The Morgan fingerprint density at radius 2 is 2.05 bits per heavy atom. The second-order valence-corrected chi connectivity index (χ2v) is 5.76. The lowest BCUT2D eigenvalue weighted by atomic mass is 9.84. The van der Waals surface area contributed by atoms with Gasteiger partial charge in [0.2, 0.25) is 0 Å². The van der Waals surface area contributed by atoms with E-state index in [0.29, 0.717) is 17.6 Å². The molecule has 0 bridgehead atoms. The van der Waals surface area contributed by atoms with Gasteiger partial charge in [-0.25, -0.2) is 4.79 Å². The minimum absolute atomic E-state index is 0.0468. The number of oxazole rings is 1. The first-order chi connectivity index (χ1) is 9.96. The molecule has 0 amide bonds. The number of hydrogen-bond donors (Lipinski definition) is 0. The van der Waals surface area contributed by atoms with E-state index in [-0.39, 0.29) is 11.1 Å². The summed E-state index contributed by atoms with van der Waals surface area (Å²) in [6.45, 7) is 4.61. The summed E-state index contributed by atoms with van der Waals surface area (Å²) in [5.41, 5.74) is 0.725. The van der Waals surface area contributed by atoms with Crippen LogP contribution in [0.4, 0.5) is 5.69 Å². The van der Waals surface area contributed by atoms with Crippen LogP contribution in [0.1, 0.15) is 26.7 Å². The zero-order valence-electron chi connectivity index (χ0n) is 12.0. The molecule has 0 aliphatic rings. The summed E-state index contributed by atoms with van der Waals surface area (Å²) in [5.74, 6) is -0.474. The molecule has 114 valence electrons. The predicted molar refractivity (Wildman–Crippen MR) is 83.9 cm³/mol. The summed E-state index contributed by atoms with van der Waals surface area (Å²) in [4.78, 5) is 22.5. The number of rotatable bonds is 6. The van der Waals surface area contributed by atoms with Crippen LogP contribution >= 0.6 is 15.9 Å². The lowest BCUT2D eigenvalue weighted by Gasteiger charge is -2.29. The molecule has 0 saturated carbocycles. The Morgan fingerprint density at radius 1 is 1.38 bits per heavy atom. The van der Waals surface area contributed by atoms with Crippen molar-refractivity contribution in [2.24, 2.45) is 5.41 Å². The second-order valence-electron chi connectivity index (χ2n) is 5.20. The smallest absolute Gasteiger partial charge is 0.408 e. The van der Waals surface area contributed by atoms with Crippen LogP contribution in [0.3, 0.4) is 0 Å². The average molecular weight is 357 g/mol. The van der Waals surface area contributed by atoms with E-state index in [9.17, 15) is 14.9 Å². The van der Waals surface area contributed by atoms with E-state index in [1.807, 2.05) is 0 Å². The van der Waals surface area contributed by atoms with Crippen molar-refractivity contribution in [1.82, 2.24) is 4.57 Å². The number of fused-ring (bicyclic) bond motifs is 1. The summed E-state index contributed by atoms with van der Waals surface area (Å²) < 4.78 is 6.68. The van der Waals surface area contributed by atoms with Crippen molar-refractivity contribution in [3.63, 3.8) is 0 Å². The highest BCUT2D eigenvalue weighted by atomic mass is 79.9. The molecule has 1 aromatic carbocycles. The summed E-state index contributed by atoms with van der Waals surface area (Å²) >= 11 is 3.51. The van der Waals surface area contributed by atoms with Crippen molar-refractivity contribution >= 4 is 32.7 Å². The monoisotopic (exact) mass is 356 g/mol. The molecule has 0 atom stereocenters. The highest BCUT2D eigenvalue weighted by molar-refractivity contribution is 9.09. The fourth-order valence-corrected chi connectivity index (χ4v) is 3.32. The van der Waals surface area contributed by atoms with Gasteiger partial charge in [0.25, 0.3) is 5.69 Å². The lowest BCUT2D eigenvalue weighted by Crippen LogP contribution is -2.31. The molecule has 0 N–H and O–H groups in total. The van der Waals surface area contributed by atoms with E-state index in [1.54, 1.807) is 0 Å². The number of hydrogen-bond acceptors (Lipinski definition) is 4. The number of non-ortho nitro benzene ring substituents is 1. The Bertz CT molecular complexity index is 707. The quantitative estimate of drug-likeness (QED) is 0.449. The van der Waals surface area contributed by atoms with Gasteiger partial charge in [0.15, 0.2) is 5.58 Å². The topological polar surface area (TPSA) is 78.3 Å². The molecule has 0 saturated heterocycles. The largest absolute Gasteiger partial charge is 0.419 e. The van der Waals surface area contributed by atoms with Gasteiger partial charge in [0.1, 0.15) is 0 Å². The zero-order chi connectivity index (χ0) is 15.6. The van der Waals surface area contributed by atoms with E-state index in [4.69, 9.17) is 4.42 Å². The third-order valence-electron chi connectivity index (χ3n) is 4.14. The fourth-order valence-electron chi connectivity index (χ4n) is 2.35. The maximum Gasteiger partial charge on any atom is 0.419 e. The molecule has 21 heavy (non-hydrogen) atoms. The number of aromatic nitrogens is 1. The van der Waals surface area contributed by atoms with Gasteiger partial charge in [0, 0.05) is 24.0 Å². The summed E-state index contributed by atoms with van der Waals surface area (Å²) in [6, 6.07) is 4.20. The van der Waals surface area contributed by atoms with Gasteiger partial charge in [-0.2, -0.15) is 0 Å². The Morgan fingerprint density at radius 3 is 2.57 bits per heavy atom. The molecule has 0 radical (unpaired) electrons. The van der Waals surface area contributed by atoms with E-state index in [1.165, 1.54) is 22.8 Å². The van der Waals surface area contributed by atoms with Gasteiger partial charge in [-0.1, -0.05) is 29.8 Å². The van der Waals surface area contributed by atoms with E-state index < -0.39 is 10.7 Å². The Balaban J connectivity index is 2.57. The van der Waals surface area contributed by atoms with Gasteiger partial charge in [-0.3, -0.25) is 14.7 Å². The Kier molecular flexibility index (Phi) is 4.51. The molecule has 0 aliphatic carbocycles. The van der Waals surface area contributed by atoms with Crippen LogP contribution in [0.25, 0.3) is 11.1 Å². The molecule has 1 aromatic heterocycles. The molecule has 2 rings (SSSR count). The van der Waals surface area contributed by atoms with Crippen LogP contribution in [0.2, 0.25) is 0 Å². The fraction of sp³-hybridized carbons (Fsp3) is 0.500. The first-order valence-electron chi connectivity index (χ1n) is 6.80. The van der Waals surface area contributed by atoms with Crippen LogP contribution in [-0.4, -0.2) is 14.8 Å². The normalized spacial score (nSPS) is 12.0. The standard InChI is InChI=1S/C14H17BrN2O4/c1-3-14(4-2,8-15)9-16-11-7-10(17(19)20)5-6-12(11)21-13(16)18/h5-7H,3-4,8-9H2,1-2H3. The maximum atomic E-state index is 12.1. The number of nitro benzene ring substituents is 1. The summed E-state index contributed by atoms with van der Waals surface area (Å²) in [5, 5.41) is 11.6. The number of halogens is 1. The molecule has 0 unspecified atom stereocenters. The molecule has 0 fully saturated rings. The van der Waals surface area contributed by atoms with Crippen molar-refractivity contribution in [3.8, 4) is 0 Å². The van der Waals surface area contributed by atoms with Crippen LogP contribution in [0, 0.1) is 15.5 Å². The van der Waals surface area contributed by atoms with E-state index in [0.717, 1.165) is 18.2 Å². The maximum absolute atomic E-state index is 12.1. The summed E-state index contributed by atoms with van der Waals surface area (Å²) in [6.07, 6.45) is 1.78. The molecule has 2 aromatic rings. The highest BCUT2D eigenvalue weighted by Gasteiger charge is 2.28. The average Bonchev–Trinajstić information content (AvgIpc) is 2.79. The van der Waals surface area contributed by atoms with Gasteiger partial charge in [-0.05, 0) is 24.3 Å². The second kappa shape index (κ2) is 6.01. The number of nitrogens with zero attached hydrogens (tertiary/aromatic N) is 2. The molecule has 1 heterocycles. The Hall–Kier alpha value is -1.63. The van der Waals surface area contributed by atoms with Gasteiger partial charge >= 0.3 is 5.76 Å². The third-order valence-corrected chi connectivity index (χ3v) is 5.33. The number of benzene rings is 1. The van der Waals surface area contributed by atoms with Gasteiger partial charge in [0.05, 0.1) is 10.4 Å². The SMILES string of the molecule is CCC(CC)(CBr)Cn1c(=O)oc2ccc([N+](=O)[O-])cc21. The van der Waals surface area contributed by atoms with Gasteiger partial charge < -0.3 is 4.42 Å². The van der Waals surface area contributed by atoms with Crippen molar-refractivity contribution in [1.29, 1.82) is 0 Å². The van der Waals surface area contributed by atoms with Crippen LogP contribution in [0.15, 0.2) is 27.4 Å². The first kappa shape index (κ1) is 15.8. The lowest BCUT2D eigenvalue weighted by molar-refractivity contribution is -0.384. The molecular formula is C14H17BrN2O4. The Labute approximate surface area is 130 Å². The zero-order valence-corrected chi connectivity index (χ0v) is 13.6. The molecular weight excluding hydrogens is 340 g/mol. The molecule has 7 heteroatoms.